The zero-order valence-electron chi connectivity index (χ0n) is 14.8. The molecule has 3 aromatic rings. The molecule has 3 rings (SSSR count). The molecule has 0 aromatic heterocycles. The van der Waals surface area contributed by atoms with Crippen molar-refractivity contribution in [2.45, 2.75) is 18.4 Å². The summed E-state index contributed by atoms with van der Waals surface area (Å²) in [7, 11) is 0. The van der Waals surface area contributed by atoms with E-state index in [1.165, 1.54) is 0 Å². The van der Waals surface area contributed by atoms with Crippen molar-refractivity contribution < 1.29 is 5.11 Å². The van der Waals surface area contributed by atoms with E-state index in [0.29, 0.717) is 12.8 Å². The first kappa shape index (κ1) is 17.9. The first-order valence-corrected chi connectivity index (χ1v) is 8.97. The summed E-state index contributed by atoms with van der Waals surface area (Å²) in [6, 6.07) is 30.3. The van der Waals surface area contributed by atoms with Crippen molar-refractivity contribution in [3.8, 4) is 0 Å². The van der Waals surface area contributed by atoms with E-state index in [-0.39, 0.29) is 0 Å². The minimum absolute atomic E-state index is 0.561. The van der Waals surface area contributed by atoms with Gasteiger partial charge in [0.1, 0.15) is 0 Å². The molecule has 1 N–H and O–H groups in total. The van der Waals surface area contributed by atoms with Crippen molar-refractivity contribution in [2.24, 2.45) is 0 Å². The molecule has 0 saturated heterocycles. The molecule has 0 spiro atoms. The SMILES string of the molecule is OC(C/C=C/c1ccccc1)(C/C=C/c1ccccc1)c1ccccc1. The molecule has 0 heterocycles. The van der Waals surface area contributed by atoms with E-state index in [4.69, 9.17) is 0 Å². The second-order valence-corrected chi connectivity index (χ2v) is 6.43. The molecular weight excluding hydrogens is 316 g/mol. The molecule has 0 unspecified atom stereocenters. The Labute approximate surface area is 156 Å². The molecule has 0 aliphatic carbocycles. The van der Waals surface area contributed by atoms with Crippen LogP contribution in [0.2, 0.25) is 0 Å². The van der Waals surface area contributed by atoms with Crippen molar-refractivity contribution in [1.82, 2.24) is 0 Å². The summed E-state index contributed by atoms with van der Waals surface area (Å²) in [5.41, 5.74) is 2.30. The van der Waals surface area contributed by atoms with Crippen LogP contribution >= 0.6 is 0 Å². The van der Waals surface area contributed by atoms with Crippen LogP contribution < -0.4 is 0 Å². The zero-order chi connectivity index (χ0) is 18.1. The molecule has 0 aliphatic rings. The summed E-state index contributed by atoms with van der Waals surface area (Å²) in [5.74, 6) is 0. The van der Waals surface area contributed by atoms with E-state index in [0.717, 1.165) is 16.7 Å². The van der Waals surface area contributed by atoms with Gasteiger partial charge in [0.25, 0.3) is 0 Å². The Morgan fingerprint density at radius 3 is 1.38 bits per heavy atom. The van der Waals surface area contributed by atoms with Gasteiger partial charge in [-0.1, -0.05) is 115 Å². The molecule has 26 heavy (non-hydrogen) atoms. The van der Waals surface area contributed by atoms with Crippen LogP contribution in [0.5, 0.6) is 0 Å². The molecule has 0 saturated carbocycles. The average Bonchev–Trinajstić information content (AvgIpc) is 2.70. The van der Waals surface area contributed by atoms with Gasteiger partial charge in [-0.3, -0.25) is 0 Å². The zero-order valence-corrected chi connectivity index (χ0v) is 14.8. The maximum atomic E-state index is 11.3. The van der Waals surface area contributed by atoms with Crippen LogP contribution in [0.3, 0.4) is 0 Å². The second-order valence-electron chi connectivity index (χ2n) is 6.43. The fourth-order valence-electron chi connectivity index (χ4n) is 2.98. The third kappa shape index (κ3) is 5.05. The summed E-state index contributed by atoms with van der Waals surface area (Å²) in [4.78, 5) is 0. The van der Waals surface area contributed by atoms with E-state index in [1.54, 1.807) is 0 Å². The fourth-order valence-corrected chi connectivity index (χ4v) is 2.98. The molecule has 1 nitrogen and oxygen atoms in total. The van der Waals surface area contributed by atoms with Gasteiger partial charge in [-0.2, -0.15) is 0 Å². The highest BCUT2D eigenvalue weighted by atomic mass is 16.3. The summed E-state index contributed by atoms with van der Waals surface area (Å²) >= 11 is 0. The maximum Gasteiger partial charge on any atom is 0.0965 e. The Hall–Kier alpha value is -2.90. The maximum absolute atomic E-state index is 11.3. The average molecular weight is 340 g/mol. The molecule has 130 valence electrons. The number of hydrogen-bond acceptors (Lipinski definition) is 1. The normalized spacial score (nSPS) is 12.0. The first-order valence-electron chi connectivity index (χ1n) is 8.97. The highest BCUT2D eigenvalue weighted by Gasteiger charge is 2.26. The van der Waals surface area contributed by atoms with Crippen molar-refractivity contribution >= 4 is 12.2 Å². The van der Waals surface area contributed by atoms with Crippen molar-refractivity contribution in [2.75, 3.05) is 0 Å². The minimum Gasteiger partial charge on any atom is -0.385 e. The van der Waals surface area contributed by atoms with Gasteiger partial charge in [-0.05, 0) is 29.5 Å². The molecule has 0 bridgehead atoms. The second kappa shape index (κ2) is 8.98. The Morgan fingerprint density at radius 1 is 0.577 bits per heavy atom. The minimum atomic E-state index is -0.919. The molecule has 0 atom stereocenters. The van der Waals surface area contributed by atoms with Crippen molar-refractivity contribution in [1.29, 1.82) is 0 Å². The van der Waals surface area contributed by atoms with Gasteiger partial charge >= 0.3 is 0 Å². The summed E-state index contributed by atoms with van der Waals surface area (Å²) in [5, 5.41) is 11.3. The van der Waals surface area contributed by atoms with Crippen LogP contribution in [0.25, 0.3) is 12.2 Å². The third-order valence-corrected chi connectivity index (χ3v) is 4.44. The van der Waals surface area contributed by atoms with E-state index in [2.05, 4.69) is 48.6 Å². The van der Waals surface area contributed by atoms with Gasteiger partial charge in [0.05, 0.1) is 5.60 Å². The topological polar surface area (TPSA) is 20.2 Å². The van der Waals surface area contributed by atoms with Crippen molar-refractivity contribution in [3.63, 3.8) is 0 Å². The van der Waals surface area contributed by atoms with Crippen LogP contribution in [0.1, 0.15) is 29.5 Å². The van der Waals surface area contributed by atoms with Crippen LogP contribution in [0.4, 0.5) is 0 Å². The lowest BCUT2D eigenvalue weighted by molar-refractivity contribution is 0.0432. The number of benzene rings is 3. The van der Waals surface area contributed by atoms with E-state index < -0.39 is 5.60 Å². The van der Waals surface area contributed by atoms with E-state index >= 15 is 0 Å². The number of hydrogen-bond donors (Lipinski definition) is 1. The van der Waals surface area contributed by atoms with Gasteiger partial charge in [0.2, 0.25) is 0 Å². The molecule has 1 heteroatoms. The first-order chi connectivity index (χ1) is 12.8. The predicted octanol–water partition coefficient (Wildman–Crippen LogP) is 6.08. The largest absolute Gasteiger partial charge is 0.385 e. The summed E-state index contributed by atoms with van der Waals surface area (Å²) in [6.45, 7) is 0. The van der Waals surface area contributed by atoms with Gasteiger partial charge < -0.3 is 5.11 Å². The number of aliphatic hydroxyl groups is 1. The van der Waals surface area contributed by atoms with Crippen molar-refractivity contribution in [3.05, 3.63) is 120 Å². The lowest BCUT2D eigenvalue weighted by atomic mass is 9.86. The Kier molecular flexibility index (Phi) is 6.19. The molecule has 0 fully saturated rings. The third-order valence-electron chi connectivity index (χ3n) is 4.44. The quantitative estimate of drug-likeness (QED) is 0.552. The molecule has 0 radical (unpaired) electrons. The lowest BCUT2D eigenvalue weighted by Gasteiger charge is -2.26. The molecule has 3 aromatic carbocycles. The van der Waals surface area contributed by atoms with Gasteiger partial charge in [0.15, 0.2) is 0 Å². The van der Waals surface area contributed by atoms with Crippen LogP contribution in [-0.2, 0) is 5.60 Å². The smallest absolute Gasteiger partial charge is 0.0965 e. The van der Waals surface area contributed by atoms with Gasteiger partial charge in [-0.25, -0.2) is 0 Å². The molecular formula is C25H24O. The van der Waals surface area contributed by atoms with E-state index in [1.807, 2.05) is 66.7 Å². The number of rotatable bonds is 7. The predicted molar refractivity (Wildman–Crippen MR) is 111 cm³/mol. The molecule has 0 amide bonds. The highest BCUT2D eigenvalue weighted by Crippen LogP contribution is 2.30. The van der Waals surface area contributed by atoms with Gasteiger partial charge in [0, 0.05) is 0 Å². The highest BCUT2D eigenvalue weighted by molar-refractivity contribution is 5.50. The lowest BCUT2D eigenvalue weighted by Crippen LogP contribution is -2.24. The Bertz CT molecular complexity index is 782. The van der Waals surface area contributed by atoms with Gasteiger partial charge in [-0.15, -0.1) is 0 Å². The fraction of sp³-hybridized carbons (Fsp3) is 0.120. The van der Waals surface area contributed by atoms with Crippen LogP contribution in [-0.4, -0.2) is 5.11 Å². The summed E-state index contributed by atoms with van der Waals surface area (Å²) in [6.07, 6.45) is 9.36. The van der Waals surface area contributed by atoms with E-state index in [9.17, 15) is 5.11 Å². The molecule has 0 aliphatic heterocycles. The Balaban J connectivity index is 1.76. The van der Waals surface area contributed by atoms with Crippen LogP contribution in [0, 0.1) is 0 Å². The summed E-state index contributed by atoms with van der Waals surface area (Å²) < 4.78 is 0. The van der Waals surface area contributed by atoms with Crippen LogP contribution in [0.15, 0.2) is 103 Å². The monoisotopic (exact) mass is 340 g/mol. The Morgan fingerprint density at radius 2 is 0.962 bits per heavy atom. The standard InChI is InChI=1S/C25H24O/c26-25(24-18-8-3-9-19-24,20-10-16-22-12-4-1-5-13-22)21-11-17-23-14-6-2-7-15-23/h1-19,26H,20-21H2/b16-10+,17-11+.